The zero-order chi connectivity index (χ0) is 17.1. The monoisotopic (exact) mass is 328 g/mol. The van der Waals surface area contributed by atoms with Crippen molar-refractivity contribution < 1.29 is 24.1 Å². The summed E-state index contributed by atoms with van der Waals surface area (Å²) in [4.78, 5) is 0. The Labute approximate surface area is 140 Å². The molecule has 2 aromatic carbocycles. The molecule has 126 valence electrons. The van der Waals surface area contributed by atoms with Gasteiger partial charge in [0.15, 0.2) is 22.8 Å². The molecule has 0 unspecified atom stereocenters. The van der Waals surface area contributed by atoms with Crippen LogP contribution < -0.4 is 9.47 Å². The van der Waals surface area contributed by atoms with Crippen LogP contribution in [0.1, 0.15) is 12.0 Å². The Bertz CT molecular complexity index is 850. The van der Waals surface area contributed by atoms with E-state index < -0.39 is 0 Å². The van der Waals surface area contributed by atoms with E-state index in [9.17, 15) is 5.11 Å². The standard InChI is InChI=1S/C19H20O5/c1-22-16-6-5-13(10-18(16)23-2)17-11-14-8-12(4-3-7-20)9-15(21)19(14)24-17/h5-6,8-11,20-21H,3-4,7H2,1-2H3. The third kappa shape index (κ3) is 3.03. The molecule has 0 aliphatic carbocycles. The minimum atomic E-state index is 0.104. The van der Waals surface area contributed by atoms with E-state index in [1.807, 2.05) is 30.3 Å². The lowest BCUT2D eigenvalue weighted by Gasteiger charge is -2.08. The number of aromatic hydroxyl groups is 1. The molecule has 0 fully saturated rings. The molecule has 5 heteroatoms. The highest BCUT2D eigenvalue weighted by Crippen LogP contribution is 2.37. The Hall–Kier alpha value is -2.66. The lowest BCUT2D eigenvalue weighted by atomic mass is 10.1. The van der Waals surface area contributed by atoms with E-state index in [1.54, 1.807) is 20.3 Å². The molecule has 2 N–H and O–H groups in total. The summed E-state index contributed by atoms with van der Waals surface area (Å²) in [6.07, 6.45) is 1.36. The van der Waals surface area contributed by atoms with Crippen LogP contribution in [0.25, 0.3) is 22.3 Å². The van der Waals surface area contributed by atoms with Gasteiger partial charge in [-0.3, -0.25) is 0 Å². The van der Waals surface area contributed by atoms with Gasteiger partial charge in [-0.25, -0.2) is 0 Å². The summed E-state index contributed by atoms with van der Waals surface area (Å²) >= 11 is 0. The van der Waals surface area contributed by atoms with E-state index in [4.69, 9.17) is 19.0 Å². The van der Waals surface area contributed by atoms with E-state index in [-0.39, 0.29) is 12.4 Å². The second-order valence-corrected chi connectivity index (χ2v) is 5.54. The number of rotatable bonds is 6. The summed E-state index contributed by atoms with van der Waals surface area (Å²) in [5.41, 5.74) is 2.25. The Kier molecular flexibility index (Phi) is 4.62. The van der Waals surface area contributed by atoms with Gasteiger partial charge in [0.2, 0.25) is 0 Å². The number of furan rings is 1. The molecule has 0 amide bonds. The van der Waals surface area contributed by atoms with Gasteiger partial charge in [-0.1, -0.05) is 0 Å². The van der Waals surface area contributed by atoms with Gasteiger partial charge >= 0.3 is 0 Å². The van der Waals surface area contributed by atoms with Crippen molar-refractivity contribution in [2.45, 2.75) is 12.8 Å². The fraction of sp³-hybridized carbons (Fsp3) is 0.263. The van der Waals surface area contributed by atoms with Gasteiger partial charge in [0.1, 0.15) is 5.76 Å². The Morgan fingerprint density at radius 1 is 1.00 bits per heavy atom. The number of aliphatic hydroxyl groups is 1. The van der Waals surface area contributed by atoms with Crippen molar-refractivity contribution in [2.24, 2.45) is 0 Å². The fourth-order valence-corrected chi connectivity index (χ4v) is 2.75. The van der Waals surface area contributed by atoms with Gasteiger partial charge in [-0.2, -0.15) is 0 Å². The van der Waals surface area contributed by atoms with Gasteiger partial charge in [0.05, 0.1) is 14.2 Å². The van der Waals surface area contributed by atoms with Crippen LogP contribution in [0.3, 0.4) is 0 Å². The van der Waals surface area contributed by atoms with Crippen LogP contribution in [0.5, 0.6) is 17.2 Å². The number of aryl methyl sites for hydroxylation is 1. The molecule has 3 rings (SSSR count). The third-order valence-corrected chi connectivity index (χ3v) is 3.95. The van der Waals surface area contributed by atoms with E-state index in [0.29, 0.717) is 35.7 Å². The quantitative estimate of drug-likeness (QED) is 0.721. The van der Waals surface area contributed by atoms with Crippen molar-refractivity contribution in [3.63, 3.8) is 0 Å². The van der Waals surface area contributed by atoms with Crippen LogP contribution in [0.4, 0.5) is 0 Å². The first kappa shape index (κ1) is 16.2. The zero-order valence-electron chi connectivity index (χ0n) is 13.7. The summed E-state index contributed by atoms with van der Waals surface area (Å²) in [7, 11) is 3.17. The van der Waals surface area contributed by atoms with Crippen LogP contribution in [0.15, 0.2) is 40.8 Å². The highest BCUT2D eigenvalue weighted by molar-refractivity contribution is 5.88. The van der Waals surface area contributed by atoms with E-state index in [2.05, 4.69) is 0 Å². The number of methoxy groups -OCH3 is 2. The summed E-state index contributed by atoms with van der Waals surface area (Å²) in [5.74, 6) is 2.00. The Morgan fingerprint density at radius 3 is 2.50 bits per heavy atom. The van der Waals surface area contributed by atoms with Crippen LogP contribution in [0.2, 0.25) is 0 Å². The molecule has 0 aliphatic heterocycles. The third-order valence-electron chi connectivity index (χ3n) is 3.95. The smallest absolute Gasteiger partial charge is 0.176 e. The normalized spacial score (nSPS) is 11.0. The van der Waals surface area contributed by atoms with Gasteiger partial charge in [0.25, 0.3) is 0 Å². The molecule has 5 nitrogen and oxygen atoms in total. The van der Waals surface area contributed by atoms with E-state index >= 15 is 0 Å². The number of hydrogen-bond acceptors (Lipinski definition) is 5. The lowest BCUT2D eigenvalue weighted by molar-refractivity contribution is 0.288. The predicted octanol–water partition coefficient (Wildman–Crippen LogP) is 3.75. The number of hydrogen-bond donors (Lipinski definition) is 2. The summed E-state index contributed by atoms with van der Waals surface area (Å²) in [6, 6.07) is 11.1. The van der Waals surface area contributed by atoms with Crippen molar-refractivity contribution in [2.75, 3.05) is 20.8 Å². The molecule has 1 heterocycles. The van der Waals surface area contributed by atoms with Crippen molar-refractivity contribution in [1.82, 2.24) is 0 Å². The average Bonchev–Trinajstić information content (AvgIpc) is 3.04. The topological polar surface area (TPSA) is 72.1 Å². The molecule has 0 atom stereocenters. The highest BCUT2D eigenvalue weighted by Gasteiger charge is 2.13. The van der Waals surface area contributed by atoms with E-state index in [0.717, 1.165) is 16.5 Å². The minimum Gasteiger partial charge on any atom is -0.504 e. The molecular formula is C19H20O5. The predicted molar refractivity (Wildman–Crippen MR) is 91.8 cm³/mol. The second kappa shape index (κ2) is 6.84. The van der Waals surface area contributed by atoms with Crippen LogP contribution in [-0.2, 0) is 6.42 Å². The van der Waals surface area contributed by atoms with Crippen LogP contribution in [0, 0.1) is 0 Å². The molecule has 0 saturated carbocycles. The number of aliphatic hydroxyl groups excluding tert-OH is 1. The SMILES string of the molecule is COc1ccc(-c2cc3cc(CCCO)cc(O)c3o2)cc1OC. The molecule has 0 saturated heterocycles. The maximum atomic E-state index is 10.2. The number of ether oxygens (including phenoxy) is 2. The maximum absolute atomic E-state index is 10.2. The molecule has 0 radical (unpaired) electrons. The van der Waals surface area contributed by atoms with Crippen LogP contribution >= 0.6 is 0 Å². The molecular weight excluding hydrogens is 308 g/mol. The number of phenols is 1. The molecule has 0 aliphatic rings. The number of fused-ring (bicyclic) bond motifs is 1. The molecule has 0 spiro atoms. The Balaban J connectivity index is 2.03. The second-order valence-electron chi connectivity index (χ2n) is 5.54. The number of phenolic OH excluding ortho intramolecular Hbond substituents is 1. The van der Waals surface area contributed by atoms with Crippen molar-refractivity contribution in [3.8, 4) is 28.6 Å². The largest absolute Gasteiger partial charge is 0.504 e. The first-order valence-corrected chi connectivity index (χ1v) is 7.75. The molecule has 0 bridgehead atoms. The Morgan fingerprint density at radius 2 is 1.79 bits per heavy atom. The fourth-order valence-electron chi connectivity index (χ4n) is 2.75. The number of benzene rings is 2. The average molecular weight is 328 g/mol. The maximum Gasteiger partial charge on any atom is 0.176 e. The van der Waals surface area contributed by atoms with Crippen molar-refractivity contribution >= 4 is 11.0 Å². The van der Waals surface area contributed by atoms with Gasteiger partial charge in [0, 0.05) is 17.6 Å². The van der Waals surface area contributed by atoms with Crippen molar-refractivity contribution in [1.29, 1.82) is 0 Å². The van der Waals surface area contributed by atoms with E-state index in [1.165, 1.54) is 0 Å². The molecule has 1 aromatic heterocycles. The summed E-state index contributed by atoms with van der Waals surface area (Å²) < 4.78 is 16.4. The molecule has 3 aromatic rings. The van der Waals surface area contributed by atoms with Gasteiger partial charge < -0.3 is 24.1 Å². The minimum absolute atomic E-state index is 0.104. The zero-order valence-corrected chi connectivity index (χ0v) is 13.7. The van der Waals surface area contributed by atoms with Gasteiger partial charge in [-0.05, 0) is 54.8 Å². The van der Waals surface area contributed by atoms with Crippen LogP contribution in [-0.4, -0.2) is 31.0 Å². The van der Waals surface area contributed by atoms with Crippen molar-refractivity contribution in [3.05, 3.63) is 42.0 Å². The lowest BCUT2D eigenvalue weighted by Crippen LogP contribution is -1.90. The summed E-state index contributed by atoms with van der Waals surface area (Å²) in [6.45, 7) is 0.126. The highest BCUT2D eigenvalue weighted by atomic mass is 16.5. The molecule has 24 heavy (non-hydrogen) atoms. The summed E-state index contributed by atoms with van der Waals surface area (Å²) in [5, 5.41) is 20.0. The first-order chi connectivity index (χ1) is 11.7. The van der Waals surface area contributed by atoms with Gasteiger partial charge in [-0.15, -0.1) is 0 Å². The first-order valence-electron chi connectivity index (χ1n) is 7.75.